The average molecular weight is 381 g/mol. The van der Waals surface area contributed by atoms with Gasteiger partial charge in [-0.3, -0.25) is 14.1 Å². The van der Waals surface area contributed by atoms with Crippen LogP contribution in [0, 0.1) is 0 Å². The molecule has 138 valence electrons. The van der Waals surface area contributed by atoms with E-state index in [0.29, 0.717) is 24.3 Å². The molecule has 27 heavy (non-hydrogen) atoms. The zero-order valence-electron chi connectivity index (χ0n) is 14.6. The Morgan fingerprint density at radius 2 is 1.85 bits per heavy atom. The van der Waals surface area contributed by atoms with Gasteiger partial charge in [-0.25, -0.2) is 8.42 Å². The summed E-state index contributed by atoms with van der Waals surface area (Å²) in [4.78, 5) is 16.8. The standard InChI is InChI=1S/C20H19N3O3S/c24-19(14-16-5-1-4-15-6-2-11-21-20(15)16)22-17-7-9-18(10-8-17)23-12-3-13-27(23,25)26/h1-2,4-11H,3,12-14H2,(H,22,24). The summed E-state index contributed by atoms with van der Waals surface area (Å²) in [5.74, 6) is 0.0413. The third-order valence-electron chi connectivity index (χ3n) is 4.61. The molecule has 1 aromatic heterocycles. The van der Waals surface area contributed by atoms with Crippen LogP contribution < -0.4 is 9.62 Å². The van der Waals surface area contributed by atoms with Crippen LogP contribution in [0.1, 0.15) is 12.0 Å². The van der Waals surface area contributed by atoms with Crippen LogP contribution in [0.4, 0.5) is 11.4 Å². The number of carbonyl (C=O) groups excluding carboxylic acids is 1. The molecular weight excluding hydrogens is 362 g/mol. The Morgan fingerprint density at radius 1 is 1.07 bits per heavy atom. The predicted octanol–water partition coefficient (Wildman–Crippen LogP) is 2.96. The molecule has 1 fully saturated rings. The van der Waals surface area contributed by atoms with Gasteiger partial charge in [-0.1, -0.05) is 24.3 Å². The molecule has 4 rings (SSSR count). The van der Waals surface area contributed by atoms with E-state index in [1.807, 2.05) is 30.3 Å². The molecule has 0 radical (unpaired) electrons. The smallest absolute Gasteiger partial charge is 0.235 e. The highest BCUT2D eigenvalue weighted by molar-refractivity contribution is 7.93. The summed E-state index contributed by atoms with van der Waals surface area (Å²) < 4.78 is 25.4. The second kappa shape index (κ2) is 7.00. The molecule has 0 atom stereocenters. The van der Waals surface area contributed by atoms with E-state index in [-0.39, 0.29) is 18.1 Å². The van der Waals surface area contributed by atoms with Crippen molar-refractivity contribution in [2.75, 3.05) is 21.9 Å². The van der Waals surface area contributed by atoms with Crippen molar-refractivity contribution in [3.63, 3.8) is 0 Å². The number of anilines is 2. The van der Waals surface area contributed by atoms with Crippen molar-refractivity contribution in [3.05, 3.63) is 66.4 Å². The number of benzene rings is 2. The van der Waals surface area contributed by atoms with E-state index >= 15 is 0 Å². The number of fused-ring (bicyclic) bond motifs is 1. The van der Waals surface area contributed by atoms with Crippen LogP contribution >= 0.6 is 0 Å². The Morgan fingerprint density at radius 3 is 2.59 bits per heavy atom. The molecule has 0 aliphatic carbocycles. The lowest BCUT2D eigenvalue weighted by Crippen LogP contribution is -2.25. The molecule has 1 amide bonds. The number of nitrogens with one attached hydrogen (secondary N) is 1. The van der Waals surface area contributed by atoms with Crippen LogP contribution in [-0.2, 0) is 21.2 Å². The summed E-state index contributed by atoms with van der Waals surface area (Å²) in [6.45, 7) is 0.502. The Balaban J connectivity index is 1.47. The fourth-order valence-electron chi connectivity index (χ4n) is 3.33. The van der Waals surface area contributed by atoms with Crippen LogP contribution in [0.3, 0.4) is 0 Å². The third-order valence-corrected chi connectivity index (χ3v) is 6.48. The normalized spacial score (nSPS) is 15.8. The summed E-state index contributed by atoms with van der Waals surface area (Å²) in [5, 5.41) is 3.86. The molecule has 0 saturated carbocycles. The fourth-order valence-corrected chi connectivity index (χ4v) is 4.89. The van der Waals surface area contributed by atoms with Crippen molar-refractivity contribution in [3.8, 4) is 0 Å². The van der Waals surface area contributed by atoms with Gasteiger partial charge in [0.25, 0.3) is 0 Å². The monoisotopic (exact) mass is 381 g/mol. The zero-order valence-corrected chi connectivity index (χ0v) is 15.4. The molecule has 1 aliphatic rings. The number of hydrogen-bond donors (Lipinski definition) is 1. The van der Waals surface area contributed by atoms with Gasteiger partial charge >= 0.3 is 0 Å². The molecule has 0 spiro atoms. The maximum atomic E-state index is 12.4. The summed E-state index contributed by atoms with van der Waals surface area (Å²) in [7, 11) is -3.20. The van der Waals surface area contributed by atoms with E-state index in [1.54, 1.807) is 30.5 Å². The van der Waals surface area contributed by atoms with E-state index in [0.717, 1.165) is 16.5 Å². The van der Waals surface area contributed by atoms with Gasteiger partial charge in [0.2, 0.25) is 15.9 Å². The first-order valence-electron chi connectivity index (χ1n) is 8.76. The Bertz CT molecular complexity index is 1090. The lowest BCUT2D eigenvalue weighted by molar-refractivity contribution is -0.115. The van der Waals surface area contributed by atoms with Gasteiger partial charge in [0.05, 0.1) is 23.4 Å². The molecular formula is C20H19N3O3S. The first kappa shape index (κ1) is 17.5. The molecule has 1 N–H and O–H groups in total. The van der Waals surface area contributed by atoms with Crippen molar-refractivity contribution in [2.24, 2.45) is 0 Å². The van der Waals surface area contributed by atoms with Gasteiger partial charge in [0, 0.05) is 23.8 Å². The minimum atomic E-state index is -3.20. The van der Waals surface area contributed by atoms with Gasteiger partial charge < -0.3 is 5.32 Å². The lowest BCUT2D eigenvalue weighted by Gasteiger charge is -2.17. The number of aromatic nitrogens is 1. The highest BCUT2D eigenvalue weighted by Gasteiger charge is 2.28. The van der Waals surface area contributed by atoms with Crippen molar-refractivity contribution >= 4 is 38.2 Å². The minimum absolute atomic E-state index is 0.144. The maximum Gasteiger partial charge on any atom is 0.235 e. The van der Waals surface area contributed by atoms with Crippen LogP contribution in [0.2, 0.25) is 0 Å². The van der Waals surface area contributed by atoms with Crippen molar-refractivity contribution < 1.29 is 13.2 Å². The Labute approximate surface area is 157 Å². The van der Waals surface area contributed by atoms with Gasteiger partial charge in [0.15, 0.2) is 0 Å². The number of hydrogen-bond acceptors (Lipinski definition) is 4. The molecule has 3 aromatic rings. The van der Waals surface area contributed by atoms with E-state index in [2.05, 4.69) is 10.3 Å². The molecule has 1 aliphatic heterocycles. The van der Waals surface area contributed by atoms with E-state index in [1.165, 1.54) is 4.31 Å². The number of amides is 1. The first-order chi connectivity index (χ1) is 13.0. The topological polar surface area (TPSA) is 79.4 Å². The molecule has 0 unspecified atom stereocenters. The Hall–Kier alpha value is -2.93. The summed E-state index contributed by atoms with van der Waals surface area (Å²) >= 11 is 0. The van der Waals surface area contributed by atoms with Crippen molar-refractivity contribution in [1.29, 1.82) is 0 Å². The fraction of sp³-hybridized carbons (Fsp3) is 0.200. The molecule has 0 bridgehead atoms. The summed E-state index contributed by atoms with van der Waals surface area (Å²) in [5.41, 5.74) is 2.95. The SMILES string of the molecule is O=C(Cc1cccc2cccnc12)Nc1ccc(N2CCCS2(=O)=O)cc1. The largest absolute Gasteiger partial charge is 0.326 e. The van der Waals surface area contributed by atoms with Crippen LogP contribution in [0.15, 0.2) is 60.8 Å². The number of rotatable bonds is 4. The predicted molar refractivity (Wildman–Crippen MR) is 106 cm³/mol. The zero-order chi connectivity index (χ0) is 18.9. The minimum Gasteiger partial charge on any atom is -0.326 e. The number of sulfonamides is 1. The summed E-state index contributed by atoms with van der Waals surface area (Å²) in [6, 6.07) is 16.5. The van der Waals surface area contributed by atoms with Gasteiger partial charge in [-0.2, -0.15) is 0 Å². The number of para-hydroxylation sites is 1. The van der Waals surface area contributed by atoms with Gasteiger partial charge in [0.1, 0.15) is 0 Å². The van der Waals surface area contributed by atoms with E-state index in [4.69, 9.17) is 0 Å². The van der Waals surface area contributed by atoms with E-state index < -0.39 is 10.0 Å². The van der Waals surface area contributed by atoms with E-state index in [9.17, 15) is 13.2 Å². The molecule has 7 heteroatoms. The first-order valence-corrected chi connectivity index (χ1v) is 10.4. The number of pyridine rings is 1. The van der Waals surface area contributed by atoms with Crippen molar-refractivity contribution in [1.82, 2.24) is 4.98 Å². The summed E-state index contributed by atoms with van der Waals surface area (Å²) in [6.07, 6.45) is 2.57. The van der Waals surface area contributed by atoms with Crippen LogP contribution in [0.5, 0.6) is 0 Å². The van der Waals surface area contributed by atoms with Gasteiger partial charge in [-0.15, -0.1) is 0 Å². The average Bonchev–Trinajstić information content (AvgIpc) is 3.02. The second-order valence-corrected chi connectivity index (χ2v) is 8.52. The lowest BCUT2D eigenvalue weighted by atomic mass is 10.1. The second-order valence-electron chi connectivity index (χ2n) is 6.51. The quantitative estimate of drug-likeness (QED) is 0.754. The number of nitrogens with zero attached hydrogens (tertiary/aromatic N) is 2. The molecule has 1 saturated heterocycles. The van der Waals surface area contributed by atoms with Crippen LogP contribution in [0.25, 0.3) is 10.9 Å². The van der Waals surface area contributed by atoms with Gasteiger partial charge in [-0.05, 0) is 42.3 Å². The number of carbonyl (C=O) groups is 1. The van der Waals surface area contributed by atoms with Crippen molar-refractivity contribution in [2.45, 2.75) is 12.8 Å². The maximum absolute atomic E-state index is 12.4. The molecule has 6 nitrogen and oxygen atoms in total. The highest BCUT2D eigenvalue weighted by atomic mass is 32.2. The van der Waals surface area contributed by atoms with Crippen LogP contribution in [-0.4, -0.2) is 31.6 Å². The highest BCUT2D eigenvalue weighted by Crippen LogP contribution is 2.25. The molecule has 2 aromatic carbocycles. The molecule has 2 heterocycles. The third kappa shape index (κ3) is 3.64. The Kier molecular flexibility index (Phi) is 4.53.